The second kappa shape index (κ2) is 13.6. The van der Waals surface area contributed by atoms with Gasteiger partial charge in [0.15, 0.2) is 5.41 Å². The Labute approximate surface area is 236 Å². The molecule has 0 aromatic heterocycles. The summed E-state index contributed by atoms with van der Waals surface area (Å²) in [6, 6.07) is 19.4. The molecule has 1 aliphatic heterocycles. The molecule has 0 aliphatic carbocycles. The van der Waals surface area contributed by atoms with Gasteiger partial charge in [-0.2, -0.15) is 0 Å². The smallest absolute Gasteiger partial charge is 0.324 e. The van der Waals surface area contributed by atoms with E-state index in [1.54, 1.807) is 6.92 Å². The van der Waals surface area contributed by atoms with Gasteiger partial charge in [0.25, 0.3) is 0 Å². The van der Waals surface area contributed by atoms with Gasteiger partial charge in [-0.15, -0.1) is 0 Å². The number of hydrogen-bond donors (Lipinski definition) is 0. The lowest BCUT2D eigenvalue weighted by Crippen LogP contribution is -2.62. The predicted molar refractivity (Wildman–Crippen MR) is 157 cm³/mol. The Kier molecular flexibility index (Phi) is 10.8. The summed E-state index contributed by atoms with van der Waals surface area (Å²) in [7, 11) is 0. The molecule has 1 fully saturated rings. The molecule has 0 bridgehead atoms. The molecule has 214 valence electrons. The van der Waals surface area contributed by atoms with Crippen molar-refractivity contribution in [1.29, 1.82) is 0 Å². The third kappa shape index (κ3) is 7.94. The van der Waals surface area contributed by atoms with E-state index in [0.29, 0.717) is 0 Å². The van der Waals surface area contributed by atoms with E-state index < -0.39 is 17.4 Å². The van der Waals surface area contributed by atoms with Crippen molar-refractivity contribution in [3.8, 4) is 0 Å². The van der Waals surface area contributed by atoms with Crippen LogP contribution in [0.3, 0.4) is 0 Å². The summed E-state index contributed by atoms with van der Waals surface area (Å²) >= 11 is 0. The summed E-state index contributed by atoms with van der Waals surface area (Å²) in [5.41, 5.74) is 0.0703. The quantitative estimate of drug-likeness (QED) is 0.155. The van der Waals surface area contributed by atoms with E-state index in [0.717, 1.165) is 30.5 Å². The van der Waals surface area contributed by atoms with Crippen molar-refractivity contribution in [3.63, 3.8) is 0 Å². The zero-order chi connectivity index (χ0) is 28.5. The van der Waals surface area contributed by atoms with Crippen LogP contribution in [0.2, 0.25) is 0 Å². The first-order chi connectivity index (χ1) is 18.5. The molecule has 5 heteroatoms. The predicted octanol–water partition coefficient (Wildman–Crippen LogP) is 7.17. The number of carbonyl (C=O) groups is 2. The molecule has 0 spiro atoms. The van der Waals surface area contributed by atoms with E-state index in [-0.39, 0.29) is 36.6 Å². The van der Waals surface area contributed by atoms with Crippen LogP contribution in [0, 0.1) is 5.41 Å². The summed E-state index contributed by atoms with van der Waals surface area (Å²) in [6.45, 7) is 14.3. The number of piperidine rings is 1. The number of esters is 2. The monoisotopic (exact) mass is 535 g/mol. The number of ether oxygens (including phenoxy) is 2. The van der Waals surface area contributed by atoms with E-state index in [2.05, 4.69) is 39.5 Å². The van der Waals surface area contributed by atoms with Crippen LogP contribution in [-0.4, -0.2) is 47.2 Å². The molecular formula is C34H49NO4. The van der Waals surface area contributed by atoms with Gasteiger partial charge in [0.05, 0.1) is 6.61 Å². The topological polar surface area (TPSA) is 55.8 Å². The van der Waals surface area contributed by atoms with Gasteiger partial charge in [0, 0.05) is 23.9 Å². The zero-order valence-electron chi connectivity index (χ0n) is 25.0. The fourth-order valence-electron chi connectivity index (χ4n) is 6.47. The van der Waals surface area contributed by atoms with Gasteiger partial charge in [-0.25, -0.2) is 0 Å². The summed E-state index contributed by atoms with van der Waals surface area (Å²) in [5, 5.41) is 0. The van der Waals surface area contributed by atoms with Crippen molar-refractivity contribution in [1.82, 2.24) is 4.90 Å². The van der Waals surface area contributed by atoms with Crippen molar-refractivity contribution in [3.05, 3.63) is 71.8 Å². The Morgan fingerprint density at radius 1 is 0.795 bits per heavy atom. The molecule has 0 N–H and O–H groups in total. The van der Waals surface area contributed by atoms with Crippen LogP contribution in [0.25, 0.3) is 0 Å². The summed E-state index contributed by atoms with van der Waals surface area (Å²) in [5.74, 6) is -1.00. The molecule has 5 nitrogen and oxygen atoms in total. The standard InChI is InChI=1S/C34H49NO4/c1-7-9-10-17-22-35-32(3,4)25-29(26-33(35,5)6)39-31(37)34(30(36)38-8-2,23-27-18-13-11-14-19-27)24-28-20-15-12-16-21-28/h11-16,18-21,29H,7-10,17,22-26H2,1-6H3. The van der Waals surface area contributed by atoms with Crippen LogP contribution < -0.4 is 0 Å². The molecule has 1 aliphatic rings. The van der Waals surface area contributed by atoms with E-state index >= 15 is 0 Å². The van der Waals surface area contributed by atoms with Gasteiger partial charge >= 0.3 is 11.9 Å². The maximum Gasteiger partial charge on any atom is 0.324 e. The maximum absolute atomic E-state index is 14.3. The van der Waals surface area contributed by atoms with Gasteiger partial charge in [-0.05, 0) is 71.6 Å². The minimum atomic E-state index is -1.47. The highest BCUT2D eigenvalue weighted by atomic mass is 16.6. The lowest BCUT2D eigenvalue weighted by Gasteiger charge is -2.55. The molecule has 0 unspecified atom stereocenters. The first-order valence-electron chi connectivity index (χ1n) is 14.8. The molecule has 1 heterocycles. The Hall–Kier alpha value is -2.66. The minimum absolute atomic E-state index is 0.135. The molecule has 1 saturated heterocycles. The first kappa shape index (κ1) is 30.9. The van der Waals surface area contributed by atoms with E-state index in [1.165, 1.54) is 25.7 Å². The van der Waals surface area contributed by atoms with Crippen molar-refractivity contribution < 1.29 is 19.1 Å². The molecule has 2 aromatic carbocycles. The lowest BCUT2D eigenvalue weighted by molar-refractivity contribution is -0.182. The van der Waals surface area contributed by atoms with Crippen molar-refractivity contribution in [2.24, 2.45) is 5.41 Å². The first-order valence-corrected chi connectivity index (χ1v) is 14.8. The fraction of sp³-hybridized carbons (Fsp3) is 0.588. The average Bonchev–Trinajstić information content (AvgIpc) is 2.88. The van der Waals surface area contributed by atoms with Crippen LogP contribution >= 0.6 is 0 Å². The SMILES string of the molecule is CCCCCCN1C(C)(C)CC(OC(=O)C(Cc2ccccc2)(Cc2ccccc2)C(=O)OCC)CC1(C)C. The van der Waals surface area contributed by atoms with Crippen molar-refractivity contribution in [2.45, 2.75) is 110 Å². The zero-order valence-corrected chi connectivity index (χ0v) is 25.0. The highest BCUT2D eigenvalue weighted by Crippen LogP contribution is 2.41. The number of benzene rings is 2. The molecule has 39 heavy (non-hydrogen) atoms. The summed E-state index contributed by atoms with van der Waals surface area (Å²) < 4.78 is 11.9. The Balaban J connectivity index is 1.90. The Morgan fingerprint density at radius 3 is 1.77 bits per heavy atom. The van der Waals surface area contributed by atoms with Gasteiger partial charge in [0.2, 0.25) is 0 Å². The highest BCUT2D eigenvalue weighted by molar-refractivity contribution is 6.01. The molecule has 3 rings (SSSR count). The Morgan fingerprint density at radius 2 is 1.31 bits per heavy atom. The average molecular weight is 536 g/mol. The van der Waals surface area contributed by atoms with Crippen LogP contribution in [-0.2, 0) is 31.9 Å². The third-order valence-corrected chi connectivity index (χ3v) is 8.18. The van der Waals surface area contributed by atoms with Crippen LogP contribution in [0.4, 0.5) is 0 Å². The number of carbonyl (C=O) groups excluding carboxylic acids is 2. The van der Waals surface area contributed by atoms with Crippen LogP contribution in [0.1, 0.15) is 91.2 Å². The lowest BCUT2D eigenvalue weighted by atomic mass is 9.75. The number of likely N-dealkylation sites (tertiary alicyclic amines) is 1. The van der Waals surface area contributed by atoms with E-state index in [1.807, 2.05) is 60.7 Å². The normalized spacial score (nSPS) is 17.5. The number of nitrogens with zero attached hydrogens (tertiary/aromatic N) is 1. The highest BCUT2D eigenvalue weighted by Gasteiger charge is 2.52. The Bertz CT molecular complexity index is 988. The van der Waals surface area contributed by atoms with Crippen molar-refractivity contribution in [2.75, 3.05) is 13.2 Å². The van der Waals surface area contributed by atoms with E-state index in [9.17, 15) is 9.59 Å². The van der Waals surface area contributed by atoms with Crippen LogP contribution in [0.15, 0.2) is 60.7 Å². The molecular weight excluding hydrogens is 486 g/mol. The minimum Gasteiger partial charge on any atom is -0.465 e. The number of rotatable bonds is 13. The second-order valence-electron chi connectivity index (χ2n) is 12.4. The summed E-state index contributed by atoms with van der Waals surface area (Å²) in [6.07, 6.45) is 6.51. The van der Waals surface area contributed by atoms with Gasteiger partial charge in [-0.3, -0.25) is 14.5 Å². The number of unbranched alkanes of at least 4 members (excludes halogenated alkanes) is 3. The summed E-state index contributed by atoms with van der Waals surface area (Å²) in [4.78, 5) is 30.6. The fourth-order valence-corrected chi connectivity index (χ4v) is 6.47. The van der Waals surface area contributed by atoms with Crippen molar-refractivity contribution >= 4 is 11.9 Å². The van der Waals surface area contributed by atoms with Gasteiger partial charge in [0.1, 0.15) is 6.10 Å². The maximum atomic E-state index is 14.3. The molecule has 2 aromatic rings. The third-order valence-electron chi connectivity index (χ3n) is 8.18. The van der Waals surface area contributed by atoms with Gasteiger partial charge in [-0.1, -0.05) is 86.8 Å². The molecule has 0 amide bonds. The molecule has 0 radical (unpaired) electrons. The molecule has 0 atom stereocenters. The molecule has 0 saturated carbocycles. The van der Waals surface area contributed by atoms with E-state index in [4.69, 9.17) is 9.47 Å². The number of hydrogen-bond acceptors (Lipinski definition) is 5. The van der Waals surface area contributed by atoms with Gasteiger partial charge < -0.3 is 9.47 Å². The van der Waals surface area contributed by atoms with Crippen LogP contribution in [0.5, 0.6) is 0 Å². The largest absolute Gasteiger partial charge is 0.465 e. The second-order valence-corrected chi connectivity index (χ2v) is 12.4.